The lowest BCUT2D eigenvalue weighted by molar-refractivity contribution is 0.171. The van der Waals surface area contributed by atoms with Crippen LogP contribution in [0.25, 0.3) is 0 Å². The zero-order chi connectivity index (χ0) is 15.4. The van der Waals surface area contributed by atoms with E-state index in [1.807, 2.05) is 18.2 Å². The average Bonchev–Trinajstić information content (AvgIpc) is 2.59. The zero-order valence-corrected chi connectivity index (χ0v) is 12.7. The number of ether oxygens (including phenoxy) is 3. The summed E-state index contributed by atoms with van der Waals surface area (Å²) in [6.45, 7) is 1.82. The van der Waals surface area contributed by atoms with Gasteiger partial charge in [-0.2, -0.15) is 0 Å². The molecule has 2 aromatic rings. The van der Waals surface area contributed by atoms with Crippen molar-refractivity contribution >= 4 is 0 Å². The second-order valence-corrected chi connectivity index (χ2v) is 5.39. The summed E-state index contributed by atoms with van der Waals surface area (Å²) in [6, 6.07) is 14.2. The van der Waals surface area contributed by atoms with Crippen LogP contribution in [0, 0.1) is 0 Å². The highest BCUT2D eigenvalue weighted by molar-refractivity contribution is 5.44. The van der Waals surface area contributed by atoms with Crippen molar-refractivity contribution in [2.75, 3.05) is 26.9 Å². The van der Waals surface area contributed by atoms with Crippen LogP contribution in [0.1, 0.15) is 17.0 Å². The Balaban J connectivity index is 1.77. The average molecular weight is 299 g/mol. The molecular formula is C18H21NO3. The molecule has 0 radical (unpaired) electrons. The number of methoxy groups -OCH3 is 1. The second-order valence-electron chi connectivity index (χ2n) is 5.39. The van der Waals surface area contributed by atoms with Crippen molar-refractivity contribution in [3.8, 4) is 17.2 Å². The molecule has 1 aliphatic heterocycles. The molecule has 0 aliphatic carbocycles. The summed E-state index contributed by atoms with van der Waals surface area (Å²) in [5.41, 5.74) is 8.40. The van der Waals surface area contributed by atoms with Gasteiger partial charge in [0, 0.05) is 5.92 Å². The highest BCUT2D eigenvalue weighted by atomic mass is 16.6. The fourth-order valence-electron chi connectivity index (χ4n) is 2.71. The van der Waals surface area contributed by atoms with E-state index >= 15 is 0 Å². The van der Waals surface area contributed by atoms with Gasteiger partial charge in [-0.3, -0.25) is 0 Å². The number of rotatable bonds is 5. The third-order valence-corrected chi connectivity index (χ3v) is 3.96. The molecular weight excluding hydrogens is 278 g/mol. The summed E-state index contributed by atoms with van der Waals surface area (Å²) in [4.78, 5) is 0. The molecule has 0 saturated carbocycles. The van der Waals surface area contributed by atoms with Crippen LogP contribution in [0.3, 0.4) is 0 Å². The lowest BCUT2D eigenvalue weighted by Gasteiger charge is -2.20. The first kappa shape index (κ1) is 14.7. The lowest BCUT2D eigenvalue weighted by atomic mass is 9.92. The first-order valence-corrected chi connectivity index (χ1v) is 7.52. The van der Waals surface area contributed by atoms with E-state index in [4.69, 9.17) is 19.9 Å². The van der Waals surface area contributed by atoms with E-state index in [9.17, 15) is 0 Å². The Morgan fingerprint density at radius 3 is 2.45 bits per heavy atom. The predicted octanol–water partition coefficient (Wildman–Crippen LogP) is 2.75. The number of benzene rings is 2. The molecule has 22 heavy (non-hydrogen) atoms. The minimum absolute atomic E-state index is 0.272. The van der Waals surface area contributed by atoms with Gasteiger partial charge >= 0.3 is 0 Å². The molecule has 0 saturated heterocycles. The summed E-state index contributed by atoms with van der Waals surface area (Å²) in [7, 11) is 1.67. The zero-order valence-electron chi connectivity index (χ0n) is 12.7. The smallest absolute Gasteiger partial charge is 0.161 e. The number of fused-ring (bicyclic) bond motifs is 1. The van der Waals surface area contributed by atoms with Gasteiger partial charge in [-0.25, -0.2) is 0 Å². The van der Waals surface area contributed by atoms with Crippen molar-refractivity contribution in [2.24, 2.45) is 5.73 Å². The molecule has 4 nitrogen and oxygen atoms in total. The van der Waals surface area contributed by atoms with Gasteiger partial charge in [0.2, 0.25) is 0 Å². The Kier molecular flexibility index (Phi) is 4.49. The van der Waals surface area contributed by atoms with Crippen molar-refractivity contribution in [1.82, 2.24) is 0 Å². The van der Waals surface area contributed by atoms with Gasteiger partial charge in [-0.15, -0.1) is 0 Å². The fourth-order valence-corrected chi connectivity index (χ4v) is 2.71. The summed E-state index contributed by atoms with van der Waals surface area (Å²) < 4.78 is 16.4. The van der Waals surface area contributed by atoms with E-state index in [-0.39, 0.29) is 5.92 Å². The van der Waals surface area contributed by atoms with E-state index < -0.39 is 0 Å². The highest BCUT2D eigenvalue weighted by Gasteiger charge is 2.15. The van der Waals surface area contributed by atoms with Crippen molar-refractivity contribution in [3.05, 3.63) is 53.6 Å². The molecule has 0 fully saturated rings. The van der Waals surface area contributed by atoms with E-state index in [0.717, 1.165) is 23.7 Å². The molecule has 0 bridgehead atoms. The minimum Gasteiger partial charge on any atom is -0.497 e. The Labute approximate surface area is 130 Å². The van der Waals surface area contributed by atoms with E-state index in [1.54, 1.807) is 7.11 Å². The maximum atomic E-state index is 5.97. The molecule has 1 unspecified atom stereocenters. The summed E-state index contributed by atoms with van der Waals surface area (Å²) in [5.74, 6) is 2.78. The Morgan fingerprint density at radius 1 is 1.05 bits per heavy atom. The molecule has 3 rings (SSSR count). The minimum atomic E-state index is 0.272. The number of hydrogen-bond donors (Lipinski definition) is 1. The third-order valence-electron chi connectivity index (χ3n) is 3.96. The van der Waals surface area contributed by atoms with Crippen LogP contribution >= 0.6 is 0 Å². The van der Waals surface area contributed by atoms with Crippen molar-refractivity contribution in [2.45, 2.75) is 12.3 Å². The van der Waals surface area contributed by atoms with E-state index in [0.29, 0.717) is 19.8 Å². The molecule has 116 valence electrons. The van der Waals surface area contributed by atoms with Gasteiger partial charge in [0.15, 0.2) is 11.5 Å². The maximum Gasteiger partial charge on any atom is 0.161 e. The van der Waals surface area contributed by atoms with E-state index in [2.05, 4.69) is 24.3 Å². The van der Waals surface area contributed by atoms with Crippen molar-refractivity contribution < 1.29 is 14.2 Å². The molecule has 2 aromatic carbocycles. The Hall–Kier alpha value is -2.20. The fraction of sp³-hybridized carbons (Fsp3) is 0.333. The second kappa shape index (κ2) is 6.71. The normalized spacial score (nSPS) is 14.5. The van der Waals surface area contributed by atoms with Gasteiger partial charge in [-0.05, 0) is 48.4 Å². The molecule has 0 spiro atoms. The molecule has 0 aromatic heterocycles. The standard InChI is InChI=1S/C18H21NO3/c1-20-16-5-3-14(4-6-16)15(12-19)10-13-2-7-17-18(11-13)22-9-8-21-17/h2-7,11,15H,8-10,12,19H2,1H3. The Morgan fingerprint density at radius 2 is 1.77 bits per heavy atom. The van der Waals surface area contributed by atoms with Gasteiger partial charge in [-0.1, -0.05) is 18.2 Å². The van der Waals surface area contributed by atoms with Gasteiger partial charge in [0.1, 0.15) is 19.0 Å². The van der Waals surface area contributed by atoms with Crippen molar-refractivity contribution in [1.29, 1.82) is 0 Å². The van der Waals surface area contributed by atoms with E-state index in [1.165, 1.54) is 11.1 Å². The molecule has 1 heterocycles. The first-order chi connectivity index (χ1) is 10.8. The lowest BCUT2D eigenvalue weighted by Crippen LogP contribution is -2.17. The number of nitrogens with two attached hydrogens (primary N) is 1. The maximum absolute atomic E-state index is 5.97. The van der Waals surface area contributed by atoms with Crippen LogP contribution in [0.15, 0.2) is 42.5 Å². The highest BCUT2D eigenvalue weighted by Crippen LogP contribution is 2.32. The molecule has 1 aliphatic rings. The van der Waals surface area contributed by atoms with Crippen LogP contribution in [-0.4, -0.2) is 26.9 Å². The van der Waals surface area contributed by atoms with Crippen LogP contribution in [-0.2, 0) is 6.42 Å². The van der Waals surface area contributed by atoms with Gasteiger partial charge < -0.3 is 19.9 Å². The van der Waals surface area contributed by atoms with Crippen LogP contribution in [0.2, 0.25) is 0 Å². The predicted molar refractivity (Wildman–Crippen MR) is 85.9 cm³/mol. The summed E-state index contributed by atoms with van der Waals surface area (Å²) in [5, 5.41) is 0. The SMILES string of the molecule is COc1ccc(C(CN)Cc2ccc3c(c2)OCCO3)cc1. The molecule has 4 heteroatoms. The molecule has 0 amide bonds. The van der Waals surface area contributed by atoms with Crippen molar-refractivity contribution in [3.63, 3.8) is 0 Å². The van der Waals surface area contributed by atoms with Crippen LogP contribution in [0.4, 0.5) is 0 Å². The molecule has 2 N–H and O–H groups in total. The summed E-state index contributed by atoms with van der Waals surface area (Å²) >= 11 is 0. The first-order valence-electron chi connectivity index (χ1n) is 7.52. The molecule has 1 atom stereocenters. The van der Waals surface area contributed by atoms with Crippen LogP contribution in [0.5, 0.6) is 17.2 Å². The Bertz CT molecular complexity index is 625. The van der Waals surface area contributed by atoms with Gasteiger partial charge in [0.25, 0.3) is 0 Å². The largest absolute Gasteiger partial charge is 0.497 e. The van der Waals surface area contributed by atoms with Crippen LogP contribution < -0.4 is 19.9 Å². The monoisotopic (exact) mass is 299 g/mol. The van der Waals surface area contributed by atoms with Gasteiger partial charge in [0.05, 0.1) is 7.11 Å². The quantitative estimate of drug-likeness (QED) is 0.922. The number of hydrogen-bond acceptors (Lipinski definition) is 4. The third kappa shape index (κ3) is 3.17. The topological polar surface area (TPSA) is 53.7 Å². The summed E-state index contributed by atoms with van der Waals surface area (Å²) in [6.07, 6.45) is 0.874.